The number of hydrogen-bond acceptors (Lipinski definition) is 3. The molecule has 0 amide bonds. The molecule has 0 bridgehead atoms. The normalized spacial score (nSPS) is 11.6. The summed E-state index contributed by atoms with van der Waals surface area (Å²) < 4.78 is 6.86. The van der Waals surface area contributed by atoms with Crippen LogP contribution in [0.25, 0.3) is 11.3 Å². The molecule has 0 saturated heterocycles. The van der Waals surface area contributed by atoms with Gasteiger partial charge in [-0.25, -0.2) is 4.79 Å². The molecule has 0 aliphatic carbocycles. The van der Waals surface area contributed by atoms with E-state index in [9.17, 15) is 4.79 Å². The minimum Gasteiger partial charge on any atom is -0.476 e. The second-order valence-corrected chi connectivity index (χ2v) is 5.74. The zero-order valence-corrected chi connectivity index (χ0v) is 12.8. The standard InChI is InChI=1S/C16H20N2O3/c1-16(2,10-21-4)12-7-5-6-11(8-12)14-9-13(15(19)20)17-18(14)3/h5-9H,10H2,1-4H3,(H,19,20). The van der Waals surface area contributed by atoms with Gasteiger partial charge in [-0.05, 0) is 17.7 Å². The maximum atomic E-state index is 11.0. The minimum absolute atomic E-state index is 0.0501. The van der Waals surface area contributed by atoms with Crippen LogP contribution in [-0.2, 0) is 17.2 Å². The predicted molar refractivity (Wildman–Crippen MR) is 80.5 cm³/mol. The molecule has 0 radical (unpaired) electrons. The van der Waals surface area contributed by atoms with Gasteiger partial charge in [0.1, 0.15) is 0 Å². The first kappa shape index (κ1) is 15.3. The molecule has 0 aliphatic rings. The molecule has 0 unspecified atom stereocenters. The van der Waals surface area contributed by atoms with E-state index < -0.39 is 5.97 Å². The van der Waals surface area contributed by atoms with Crippen LogP contribution in [0.2, 0.25) is 0 Å². The first-order valence-corrected chi connectivity index (χ1v) is 6.72. The highest BCUT2D eigenvalue weighted by atomic mass is 16.5. The van der Waals surface area contributed by atoms with Gasteiger partial charge in [-0.3, -0.25) is 4.68 Å². The van der Waals surface area contributed by atoms with Crippen molar-refractivity contribution in [1.82, 2.24) is 9.78 Å². The van der Waals surface area contributed by atoms with E-state index in [1.807, 2.05) is 12.1 Å². The zero-order valence-electron chi connectivity index (χ0n) is 12.8. The van der Waals surface area contributed by atoms with Crippen molar-refractivity contribution in [2.75, 3.05) is 13.7 Å². The summed E-state index contributed by atoms with van der Waals surface area (Å²) in [6, 6.07) is 9.62. The summed E-state index contributed by atoms with van der Waals surface area (Å²) in [4.78, 5) is 11.0. The highest BCUT2D eigenvalue weighted by Crippen LogP contribution is 2.28. The topological polar surface area (TPSA) is 64.3 Å². The Labute approximate surface area is 124 Å². The minimum atomic E-state index is -1.02. The van der Waals surface area contributed by atoms with E-state index in [1.54, 1.807) is 24.9 Å². The van der Waals surface area contributed by atoms with Gasteiger partial charge in [0.05, 0.1) is 12.3 Å². The van der Waals surface area contributed by atoms with E-state index in [4.69, 9.17) is 9.84 Å². The Kier molecular flexibility index (Phi) is 4.14. The van der Waals surface area contributed by atoms with Crippen molar-refractivity contribution in [2.45, 2.75) is 19.3 Å². The molecule has 5 nitrogen and oxygen atoms in total. The number of methoxy groups -OCH3 is 1. The van der Waals surface area contributed by atoms with Gasteiger partial charge < -0.3 is 9.84 Å². The summed E-state index contributed by atoms with van der Waals surface area (Å²) in [6.07, 6.45) is 0. The number of rotatable bonds is 5. The number of aryl methyl sites for hydroxylation is 1. The molecule has 0 aliphatic heterocycles. The van der Waals surface area contributed by atoms with E-state index in [-0.39, 0.29) is 11.1 Å². The number of carbonyl (C=O) groups is 1. The van der Waals surface area contributed by atoms with Crippen LogP contribution in [0, 0.1) is 0 Å². The first-order valence-electron chi connectivity index (χ1n) is 6.72. The summed E-state index contributed by atoms with van der Waals surface area (Å²) in [7, 11) is 3.43. The molecular formula is C16H20N2O3. The van der Waals surface area contributed by atoms with Crippen LogP contribution in [-0.4, -0.2) is 34.6 Å². The van der Waals surface area contributed by atoms with E-state index in [1.165, 1.54) is 0 Å². The Hall–Kier alpha value is -2.14. The van der Waals surface area contributed by atoms with Crippen molar-refractivity contribution in [3.05, 3.63) is 41.6 Å². The van der Waals surface area contributed by atoms with Crippen LogP contribution in [0.5, 0.6) is 0 Å². The molecule has 5 heteroatoms. The van der Waals surface area contributed by atoms with Gasteiger partial charge >= 0.3 is 5.97 Å². The van der Waals surface area contributed by atoms with Crippen molar-refractivity contribution in [2.24, 2.45) is 7.05 Å². The smallest absolute Gasteiger partial charge is 0.356 e. The maximum Gasteiger partial charge on any atom is 0.356 e. The lowest BCUT2D eigenvalue weighted by atomic mass is 9.84. The van der Waals surface area contributed by atoms with Crippen LogP contribution < -0.4 is 0 Å². The second-order valence-electron chi connectivity index (χ2n) is 5.74. The van der Waals surface area contributed by atoms with Gasteiger partial charge in [0.2, 0.25) is 0 Å². The summed E-state index contributed by atoms with van der Waals surface area (Å²) in [6.45, 7) is 4.84. The molecule has 1 N–H and O–H groups in total. The molecule has 2 aromatic rings. The van der Waals surface area contributed by atoms with Gasteiger partial charge in [-0.1, -0.05) is 32.0 Å². The largest absolute Gasteiger partial charge is 0.476 e. The molecule has 1 aromatic carbocycles. The molecule has 0 spiro atoms. The lowest BCUT2D eigenvalue weighted by molar-refractivity contribution is 0.0689. The van der Waals surface area contributed by atoms with Crippen molar-refractivity contribution >= 4 is 5.97 Å². The quantitative estimate of drug-likeness (QED) is 0.918. The van der Waals surface area contributed by atoms with Crippen LogP contribution in [0.3, 0.4) is 0 Å². The number of carboxylic acid groups (broad SMARTS) is 1. The second kappa shape index (κ2) is 5.69. The van der Waals surface area contributed by atoms with Crippen LogP contribution in [0.4, 0.5) is 0 Å². The van der Waals surface area contributed by atoms with Gasteiger partial charge in [0.25, 0.3) is 0 Å². The van der Waals surface area contributed by atoms with Gasteiger partial charge in [-0.15, -0.1) is 0 Å². The maximum absolute atomic E-state index is 11.0. The third kappa shape index (κ3) is 3.13. The first-order chi connectivity index (χ1) is 9.85. The Morgan fingerprint density at radius 3 is 2.67 bits per heavy atom. The number of nitrogens with zero attached hydrogens (tertiary/aromatic N) is 2. The van der Waals surface area contributed by atoms with E-state index in [0.717, 1.165) is 16.8 Å². The Balaban J connectivity index is 2.44. The molecule has 1 heterocycles. The Bertz CT molecular complexity index is 659. The van der Waals surface area contributed by atoms with Gasteiger partial charge in [-0.2, -0.15) is 5.10 Å². The predicted octanol–water partition coefficient (Wildman–Crippen LogP) is 2.71. The fraction of sp³-hybridized carbons (Fsp3) is 0.375. The van der Waals surface area contributed by atoms with Crippen molar-refractivity contribution in [3.8, 4) is 11.3 Å². The Morgan fingerprint density at radius 1 is 1.38 bits per heavy atom. The third-order valence-electron chi connectivity index (χ3n) is 3.54. The van der Waals surface area contributed by atoms with Gasteiger partial charge in [0, 0.05) is 25.1 Å². The van der Waals surface area contributed by atoms with Crippen LogP contribution >= 0.6 is 0 Å². The number of carboxylic acids is 1. The Morgan fingerprint density at radius 2 is 2.10 bits per heavy atom. The molecule has 2 rings (SSSR count). The van der Waals surface area contributed by atoms with Crippen molar-refractivity contribution in [1.29, 1.82) is 0 Å². The highest BCUT2D eigenvalue weighted by molar-refractivity contribution is 5.87. The summed E-state index contributed by atoms with van der Waals surface area (Å²) in [5.41, 5.74) is 2.80. The van der Waals surface area contributed by atoms with Crippen LogP contribution in [0.15, 0.2) is 30.3 Å². The fourth-order valence-corrected chi connectivity index (χ4v) is 2.39. The average molecular weight is 288 g/mol. The number of aromatic carboxylic acids is 1. The van der Waals surface area contributed by atoms with Crippen molar-refractivity contribution < 1.29 is 14.6 Å². The zero-order chi connectivity index (χ0) is 15.6. The average Bonchev–Trinajstić information content (AvgIpc) is 2.81. The molecule has 21 heavy (non-hydrogen) atoms. The number of benzene rings is 1. The molecule has 112 valence electrons. The van der Waals surface area contributed by atoms with E-state index >= 15 is 0 Å². The van der Waals surface area contributed by atoms with Gasteiger partial charge in [0.15, 0.2) is 5.69 Å². The van der Waals surface area contributed by atoms with E-state index in [0.29, 0.717) is 6.61 Å². The lowest BCUT2D eigenvalue weighted by Gasteiger charge is -2.24. The summed E-state index contributed by atoms with van der Waals surface area (Å²) in [5.74, 6) is -1.02. The molecule has 0 saturated carbocycles. The molecule has 0 fully saturated rings. The van der Waals surface area contributed by atoms with Crippen molar-refractivity contribution in [3.63, 3.8) is 0 Å². The molecule has 1 aromatic heterocycles. The summed E-state index contributed by atoms with van der Waals surface area (Å²) in [5, 5.41) is 13.0. The SMILES string of the molecule is COCC(C)(C)c1cccc(-c2cc(C(=O)O)nn2C)c1. The lowest BCUT2D eigenvalue weighted by Crippen LogP contribution is -2.23. The number of hydrogen-bond donors (Lipinski definition) is 1. The molecular weight excluding hydrogens is 268 g/mol. The summed E-state index contributed by atoms with van der Waals surface area (Å²) >= 11 is 0. The monoisotopic (exact) mass is 288 g/mol. The fourth-order valence-electron chi connectivity index (χ4n) is 2.39. The van der Waals surface area contributed by atoms with E-state index in [2.05, 4.69) is 31.1 Å². The third-order valence-corrected chi connectivity index (χ3v) is 3.54. The molecule has 0 atom stereocenters. The number of ether oxygens (including phenoxy) is 1. The number of aromatic nitrogens is 2. The van der Waals surface area contributed by atoms with Crippen LogP contribution in [0.1, 0.15) is 29.9 Å². The highest BCUT2D eigenvalue weighted by Gasteiger charge is 2.21.